The molecule has 0 rings (SSSR count). The van der Waals surface area contributed by atoms with E-state index in [0.717, 1.165) is 49.3 Å². The summed E-state index contributed by atoms with van der Waals surface area (Å²) in [7, 11) is -1.13. The Morgan fingerprint density at radius 1 is 0.429 bits per heavy atom. The quantitative estimate of drug-likeness (QED) is 0.0875. The Hall–Kier alpha value is 1.69. The zero-order valence-electron chi connectivity index (χ0n) is 24.1. The summed E-state index contributed by atoms with van der Waals surface area (Å²) in [6, 6.07) is 0. The molecule has 6 nitrogen and oxygen atoms in total. The van der Waals surface area contributed by atoms with Gasteiger partial charge in [-0.3, -0.25) is 0 Å². The molecule has 35 heavy (non-hydrogen) atoms. The molecule has 0 atom stereocenters. The summed E-state index contributed by atoms with van der Waals surface area (Å²) in [5.41, 5.74) is 0. The van der Waals surface area contributed by atoms with Gasteiger partial charge in [0.25, 0.3) is 0 Å². The predicted octanol–water partition coefficient (Wildman–Crippen LogP) is 7.45. The summed E-state index contributed by atoms with van der Waals surface area (Å²) in [4.78, 5) is 0. The zero-order valence-corrected chi connectivity index (χ0v) is 30.6. The van der Waals surface area contributed by atoms with Gasteiger partial charge >= 0.3 is 231 Å². The van der Waals surface area contributed by atoms with E-state index in [1.165, 1.54) is 8.87 Å². The van der Waals surface area contributed by atoms with Gasteiger partial charge in [0.2, 0.25) is 0 Å². The van der Waals surface area contributed by atoms with Gasteiger partial charge in [0.05, 0.1) is 0 Å². The number of hydrogen-bond donors (Lipinski definition) is 0. The Bertz CT molecular complexity index is 411. The molecule has 0 amide bonds. The molecule has 212 valence electrons. The number of rotatable bonds is 26. The van der Waals surface area contributed by atoms with Gasteiger partial charge in [-0.2, -0.15) is 0 Å². The molecule has 0 aromatic heterocycles. The molecule has 0 aromatic carbocycles. The molecule has 0 aliphatic heterocycles. The third kappa shape index (κ3) is 15.2. The van der Waals surface area contributed by atoms with E-state index in [1.54, 1.807) is 0 Å². The van der Waals surface area contributed by atoms with Crippen LogP contribution in [-0.2, 0) is 26.6 Å². The predicted molar refractivity (Wildman–Crippen MR) is 161 cm³/mol. The second-order valence-corrected chi connectivity index (χ2v) is 42.4. The van der Waals surface area contributed by atoms with Crippen LogP contribution < -0.4 is 0 Å². The Balaban J connectivity index is 5.70. The van der Waals surface area contributed by atoms with Gasteiger partial charge in [0.1, 0.15) is 0 Å². The Kier molecular flexibility index (Phi) is 23.6. The second-order valence-electron chi connectivity index (χ2n) is 8.65. The topological polar surface area (TPSA) is 55.4 Å². The average molecular weight is 680 g/mol. The summed E-state index contributed by atoms with van der Waals surface area (Å²) in [6.45, 7) is 21.8. The van der Waals surface area contributed by atoms with Crippen LogP contribution in [0.4, 0.5) is 0 Å². The molecule has 0 aliphatic rings. The summed E-state index contributed by atoms with van der Waals surface area (Å²) in [6.07, 6.45) is 5.84. The molecule has 0 N–H and O–H groups in total. The Morgan fingerprint density at radius 2 is 0.657 bits per heavy atom. The van der Waals surface area contributed by atoms with Crippen molar-refractivity contribution in [3.05, 3.63) is 0 Å². The molecule has 0 heterocycles. The fourth-order valence-electron chi connectivity index (χ4n) is 3.19. The van der Waals surface area contributed by atoms with Crippen LogP contribution in [0.1, 0.15) is 93.9 Å². The summed E-state index contributed by atoms with van der Waals surface area (Å²) in [5.74, 6) is 0. The summed E-state index contributed by atoms with van der Waals surface area (Å²) in [5, 5.41) is 1.71. The van der Waals surface area contributed by atoms with Gasteiger partial charge in [-0.1, -0.05) is 0 Å². The van der Waals surface area contributed by atoms with Crippen molar-refractivity contribution in [1.82, 2.24) is 0 Å². The fraction of sp³-hybridized carbons (Fsp3) is 1.00. The zero-order chi connectivity index (χ0) is 26.5. The molecule has 0 aromatic rings. The average Bonchev–Trinajstić information content (AvgIpc) is 2.90. The van der Waals surface area contributed by atoms with E-state index in [4.69, 9.17) is 26.6 Å². The maximum atomic E-state index is 6.40. The summed E-state index contributed by atoms with van der Waals surface area (Å²) < 4.78 is 40.9. The molecular weight excluding hydrogens is 623 g/mol. The van der Waals surface area contributed by atoms with Gasteiger partial charge in [0.15, 0.2) is 0 Å². The van der Waals surface area contributed by atoms with Gasteiger partial charge < -0.3 is 0 Å². The van der Waals surface area contributed by atoms with Gasteiger partial charge in [-0.15, -0.1) is 0 Å². The third-order valence-electron chi connectivity index (χ3n) is 5.26. The monoisotopic (exact) mass is 680 g/mol. The van der Waals surface area contributed by atoms with Crippen molar-refractivity contribution in [3.8, 4) is 0 Å². The minimum atomic E-state index is -2.72. The molecule has 0 unspecified atom stereocenters. The van der Waals surface area contributed by atoms with Gasteiger partial charge in [-0.05, 0) is 0 Å². The Morgan fingerprint density at radius 3 is 0.829 bits per heavy atom. The molecule has 0 aliphatic carbocycles. The maximum absolute atomic E-state index is 6.40. The van der Waals surface area contributed by atoms with Crippen LogP contribution in [0.3, 0.4) is 0 Å². The van der Waals surface area contributed by atoms with Gasteiger partial charge in [0, 0.05) is 0 Å². The first kappa shape index (κ1) is 36.7. The Labute approximate surface area is 229 Å². The molecule has 0 bridgehead atoms. The van der Waals surface area contributed by atoms with Crippen molar-refractivity contribution in [2.75, 3.05) is 50.4 Å². The third-order valence-corrected chi connectivity index (χ3v) is 49.2. The van der Waals surface area contributed by atoms with E-state index >= 15 is 0 Å². The minimum absolute atomic E-state index is 0.699. The fourth-order valence-corrected chi connectivity index (χ4v) is 53.7. The first-order chi connectivity index (χ1) is 16.9. The van der Waals surface area contributed by atoms with E-state index in [1.807, 2.05) is 0 Å². The molecular formula is C24H56O6S2Si2Sn. The SMILES string of the molecule is CCCO[Si](C[S][Sn]([CH2]C)([CH2]C)[S]C[Si](OCCC)(OCCC)OCCC)(OCCC)OCCC. The normalized spacial score (nSPS) is 13.0. The van der Waals surface area contributed by atoms with Crippen LogP contribution in [0.5, 0.6) is 0 Å². The first-order valence-electron chi connectivity index (χ1n) is 14.0. The summed E-state index contributed by atoms with van der Waals surface area (Å²) >= 11 is -2.68. The van der Waals surface area contributed by atoms with Crippen LogP contribution in [0.2, 0.25) is 8.87 Å². The van der Waals surface area contributed by atoms with Crippen LogP contribution in [0, 0.1) is 0 Å². The van der Waals surface area contributed by atoms with E-state index in [9.17, 15) is 0 Å². The van der Waals surface area contributed by atoms with Crippen molar-refractivity contribution in [2.45, 2.75) is 103 Å². The van der Waals surface area contributed by atoms with Crippen molar-refractivity contribution in [1.29, 1.82) is 0 Å². The molecule has 0 radical (unpaired) electrons. The number of hydrogen-bond acceptors (Lipinski definition) is 8. The van der Waals surface area contributed by atoms with Crippen LogP contribution in [0.25, 0.3) is 0 Å². The molecule has 0 fully saturated rings. The van der Waals surface area contributed by atoms with E-state index in [0.29, 0.717) is 39.6 Å². The van der Waals surface area contributed by atoms with E-state index in [2.05, 4.69) is 73.3 Å². The standard InChI is InChI=1S/2C10H24O3SSi.2C2H5.Sn/c2*1-4-7-11-15(10-14,12-8-5-2)13-9-6-3;2*1-2;/h2*14H,4-10H2,1-3H3;2*1H2,2H3;/q;;;;+2/p-2. The van der Waals surface area contributed by atoms with Crippen molar-refractivity contribution in [3.63, 3.8) is 0 Å². The van der Waals surface area contributed by atoms with Crippen molar-refractivity contribution < 1.29 is 26.6 Å². The molecule has 0 saturated heterocycles. The van der Waals surface area contributed by atoms with Crippen molar-refractivity contribution >= 4 is 51.1 Å². The van der Waals surface area contributed by atoms with Crippen LogP contribution >= 0.6 is 17.9 Å². The molecule has 11 heteroatoms. The van der Waals surface area contributed by atoms with Gasteiger partial charge in [-0.25, -0.2) is 0 Å². The molecule has 0 spiro atoms. The van der Waals surface area contributed by atoms with Crippen LogP contribution in [0.15, 0.2) is 0 Å². The van der Waals surface area contributed by atoms with E-state index in [-0.39, 0.29) is 0 Å². The first-order valence-corrected chi connectivity index (χ1v) is 30.9. The molecule has 0 saturated carbocycles. The van der Waals surface area contributed by atoms with Crippen molar-refractivity contribution in [2.24, 2.45) is 0 Å². The second kappa shape index (κ2) is 22.5. The van der Waals surface area contributed by atoms with Crippen LogP contribution in [-0.4, -0.2) is 83.6 Å². The van der Waals surface area contributed by atoms with E-state index < -0.39 is 33.2 Å².